The van der Waals surface area contributed by atoms with E-state index < -0.39 is 12.8 Å². The highest BCUT2D eigenvalue weighted by molar-refractivity contribution is 5.72. The summed E-state index contributed by atoms with van der Waals surface area (Å²) in [5.41, 5.74) is 0.219. The van der Waals surface area contributed by atoms with E-state index in [-0.39, 0.29) is 11.3 Å². The summed E-state index contributed by atoms with van der Waals surface area (Å²) in [5.74, 6) is -0.179. The number of nitrogens with one attached hydrogen (secondary N) is 1. The number of halogens is 3. The van der Waals surface area contributed by atoms with Crippen LogP contribution in [0.1, 0.15) is 5.56 Å². The monoisotopic (exact) mass is 244 g/mol. The van der Waals surface area contributed by atoms with Crippen molar-refractivity contribution >= 4 is 12.1 Å². The number of anilines is 1. The van der Waals surface area contributed by atoms with Gasteiger partial charge in [0.15, 0.2) is 6.61 Å². The van der Waals surface area contributed by atoms with Crippen LogP contribution in [-0.4, -0.2) is 19.2 Å². The molecular weight excluding hydrogens is 237 g/mol. The van der Waals surface area contributed by atoms with Gasteiger partial charge in [-0.15, -0.1) is 0 Å². The van der Waals surface area contributed by atoms with Crippen molar-refractivity contribution in [3.05, 3.63) is 23.8 Å². The maximum absolute atomic E-state index is 11.9. The zero-order valence-corrected chi connectivity index (χ0v) is 8.41. The summed E-state index contributed by atoms with van der Waals surface area (Å²) in [5, 5.41) is 11.0. The van der Waals surface area contributed by atoms with Crippen molar-refractivity contribution in [1.29, 1.82) is 5.26 Å². The molecule has 0 unspecified atom stereocenters. The topological polar surface area (TPSA) is 62.1 Å². The third-order valence-electron chi connectivity index (χ3n) is 1.72. The van der Waals surface area contributed by atoms with E-state index in [1.54, 1.807) is 6.07 Å². The van der Waals surface area contributed by atoms with E-state index in [2.05, 4.69) is 10.1 Å². The lowest BCUT2D eigenvalue weighted by Crippen LogP contribution is -2.19. The van der Waals surface area contributed by atoms with E-state index in [1.165, 1.54) is 18.2 Å². The molecule has 1 aromatic rings. The summed E-state index contributed by atoms with van der Waals surface area (Å²) in [7, 11) is 0. The predicted octanol–water partition coefficient (Wildman–Crippen LogP) is 2.07. The molecule has 0 heterocycles. The molecule has 0 saturated heterocycles. The van der Waals surface area contributed by atoms with Gasteiger partial charge in [0.2, 0.25) is 6.41 Å². The van der Waals surface area contributed by atoms with Crippen LogP contribution < -0.4 is 10.1 Å². The highest BCUT2D eigenvalue weighted by Crippen LogP contribution is 2.24. The predicted molar refractivity (Wildman–Crippen MR) is 52.4 cm³/mol. The maximum atomic E-state index is 11.9. The maximum Gasteiger partial charge on any atom is 0.422 e. The molecule has 0 saturated carbocycles. The van der Waals surface area contributed by atoms with Gasteiger partial charge >= 0.3 is 6.18 Å². The second-order valence-electron chi connectivity index (χ2n) is 2.99. The second-order valence-corrected chi connectivity index (χ2v) is 2.99. The first-order valence-electron chi connectivity index (χ1n) is 4.40. The van der Waals surface area contributed by atoms with Gasteiger partial charge in [0.1, 0.15) is 11.8 Å². The summed E-state index contributed by atoms with van der Waals surface area (Å²) in [6.07, 6.45) is -4.07. The Labute approximate surface area is 94.6 Å². The Morgan fingerprint density at radius 1 is 1.47 bits per heavy atom. The first-order valence-corrected chi connectivity index (χ1v) is 4.40. The molecular formula is C10H7F3N2O2. The van der Waals surface area contributed by atoms with Gasteiger partial charge in [0.05, 0.1) is 5.56 Å². The fraction of sp³-hybridized carbons (Fsp3) is 0.200. The number of amides is 1. The number of nitrogens with zero attached hydrogens (tertiary/aromatic N) is 1. The molecule has 0 spiro atoms. The molecule has 0 atom stereocenters. The summed E-state index contributed by atoms with van der Waals surface area (Å²) in [6, 6.07) is 5.43. The van der Waals surface area contributed by atoms with Crippen molar-refractivity contribution in [3.8, 4) is 11.8 Å². The number of carbonyl (C=O) groups is 1. The molecule has 0 fully saturated rings. The Morgan fingerprint density at radius 2 is 2.18 bits per heavy atom. The van der Waals surface area contributed by atoms with E-state index in [0.717, 1.165) is 0 Å². The van der Waals surface area contributed by atoms with E-state index in [1.807, 2.05) is 0 Å². The van der Waals surface area contributed by atoms with Gasteiger partial charge in [-0.05, 0) is 18.2 Å². The Kier molecular flexibility index (Phi) is 3.93. The molecule has 90 valence electrons. The normalized spacial score (nSPS) is 10.5. The van der Waals surface area contributed by atoms with Crippen molar-refractivity contribution in [3.63, 3.8) is 0 Å². The number of carbonyl (C=O) groups excluding carboxylic acids is 1. The Morgan fingerprint density at radius 3 is 2.71 bits per heavy atom. The third kappa shape index (κ3) is 4.03. The van der Waals surface area contributed by atoms with Crippen molar-refractivity contribution in [2.45, 2.75) is 6.18 Å². The molecule has 17 heavy (non-hydrogen) atoms. The average Bonchev–Trinajstić information content (AvgIpc) is 2.26. The molecule has 0 aliphatic rings. The van der Waals surface area contributed by atoms with E-state index in [9.17, 15) is 18.0 Å². The highest BCUT2D eigenvalue weighted by Gasteiger charge is 2.28. The first kappa shape index (κ1) is 12.8. The summed E-state index contributed by atoms with van der Waals surface area (Å²) < 4.78 is 40.2. The number of benzene rings is 1. The SMILES string of the molecule is N#Cc1cc(NC=O)ccc1OCC(F)(F)F. The fourth-order valence-corrected chi connectivity index (χ4v) is 1.06. The highest BCUT2D eigenvalue weighted by atomic mass is 19.4. The van der Waals surface area contributed by atoms with Crippen LogP contribution in [0.2, 0.25) is 0 Å². The van der Waals surface area contributed by atoms with Crippen LogP contribution in [-0.2, 0) is 4.79 Å². The summed E-state index contributed by atoms with van der Waals surface area (Å²) >= 11 is 0. The Hall–Kier alpha value is -2.23. The number of ether oxygens (including phenoxy) is 1. The number of hydrogen-bond acceptors (Lipinski definition) is 3. The molecule has 4 nitrogen and oxygen atoms in total. The van der Waals surface area contributed by atoms with Crippen LogP contribution in [0.15, 0.2) is 18.2 Å². The van der Waals surface area contributed by atoms with Crippen LogP contribution in [0.25, 0.3) is 0 Å². The van der Waals surface area contributed by atoms with Gasteiger partial charge in [-0.1, -0.05) is 0 Å². The summed E-state index contributed by atoms with van der Waals surface area (Å²) in [6.45, 7) is -1.47. The molecule has 7 heteroatoms. The third-order valence-corrected chi connectivity index (χ3v) is 1.72. The van der Waals surface area contributed by atoms with Gasteiger partial charge in [0.25, 0.3) is 0 Å². The number of hydrogen-bond donors (Lipinski definition) is 1. The smallest absolute Gasteiger partial charge is 0.422 e. The van der Waals surface area contributed by atoms with Crippen LogP contribution in [0.4, 0.5) is 18.9 Å². The zero-order chi connectivity index (χ0) is 12.9. The van der Waals surface area contributed by atoms with Gasteiger partial charge in [0, 0.05) is 5.69 Å². The molecule has 0 aliphatic heterocycles. The lowest BCUT2D eigenvalue weighted by molar-refractivity contribution is -0.153. The molecule has 1 amide bonds. The molecule has 0 aromatic heterocycles. The number of rotatable bonds is 4. The van der Waals surface area contributed by atoms with E-state index in [4.69, 9.17) is 5.26 Å². The van der Waals surface area contributed by atoms with Crippen LogP contribution in [0.3, 0.4) is 0 Å². The van der Waals surface area contributed by atoms with Gasteiger partial charge in [-0.25, -0.2) is 0 Å². The minimum absolute atomic E-state index is 0.0823. The lowest BCUT2D eigenvalue weighted by atomic mass is 10.2. The molecule has 1 aromatic carbocycles. The zero-order valence-electron chi connectivity index (χ0n) is 8.41. The molecule has 0 radical (unpaired) electrons. The summed E-state index contributed by atoms with van der Waals surface area (Å²) in [4.78, 5) is 10.1. The van der Waals surface area contributed by atoms with Gasteiger partial charge in [-0.3, -0.25) is 4.79 Å². The first-order chi connectivity index (χ1) is 7.96. The van der Waals surface area contributed by atoms with Crippen molar-refractivity contribution in [2.75, 3.05) is 11.9 Å². The van der Waals surface area contributed by atoms with Crippen molar-refractivity contribution < 1.29 is 22.7 Å². The number of nitriles is 1. The van der Waals surface area contributed by atoms with Crippen molar-refractivity contribution in [1.82, 2.24) is 0 Å². The van der Waals surface area contributed by atoms with Crippen LogP contribution in [0, 0.1) is 11.3 Å². The largest absolute Gasteiger partial charge is 0.483 e. The molecule has 1 N–H and O–H groups in total. The van der Waals surface area contributed by atoms with Crippen LogP contribution >= 0.6 is 0 Å². The second kappa shape index (κ2) is 5.21. The number of alkyl halides is 3. The van der Waals surface area contributed by atoms with E-state index >= 15 is 0 Å². The van der Waals surface area contributed by atoms with Crippen LogP contribution in [0.5, 0.6) is 5.75 Å². The molecule has 0 bridgehead atoms. The molecule has 1 rings (SSSR count). The van der Waals surface area contributed by atoms with Gasteiger partial charge < -0.3 is 10.1 Å². The minimum Gasteiger partial charge on any atom is -0.483 e. The lowest BCUT2D eigenvalue weighted by Gasteiger charge is -2.10. The average molecular weight is 244 g/mol. The minimum atomic E-state index is -4.47. The van der Waals surface area contributed by atoms with Crippen molar-refractivity contribution in [2.24, 2.45) is 0 Å². The Balaban J connectivity index is 2.86. The Bertz CT molecular complexity index is 452. The quantitative estimate of drug-likeness (QED) is 0.824. The van der Waals surface area contributed by atoms with E-state index in [0.29, 0.717) is 12.1 Å². The van der Waals surface area contributed by atoms with Gasteiger partial charge in [-0.2, -0.15) is 18.4 Å². The standard InChI is InChI=1S/C10H7F3N2O2/c11-10(12,13)5-17-9-2-1-8(15-6-16)3-7(9)4-14/h1-3,6H,5H2,(H,15,16). The fourth-order valence-electron chi connectivity index (χ4n) is 1.06. The molecule has 0 aliphatic carbocycles.